The van der Waals surface area contributed by atoms with Crippen molar-refractivity contribution in [3.63, 3.8) is 0 Å². The first-order chi connectivity index (χ1) is 17.4. The fourth-order valence-corrected chi connectivity index (χ4v) is 5.14. The molecule has 1 atom stereocenters. The molecule has 2 amide bonds. The summed E-state index contributed by atoms with van der Waals surface area (Å²) >= 11 is 7.49. The Labute approximate surface area is 219 Å². The van der Waals surface area contributed by atoms with E-state index in [9.17, 15) is 14.0 Å². The van der Waals surface area contributed by atoms with Crippen molar-refractivity contribution in [3.05, 3.63) is 46.9 Å². The lowest BCUT2D eigenvalue weighted by Crippen LogP contribution is -2.54. The van der Waals surface area contributed by atoms with E-state index >= 15 is 0 Å². The molecule has 194 valence electrons. The molecule has 1 unspecified atom stereocenters. The van der Waals surface area contributed by atoms with Gasteiger partial charge in [0.25, 0.3) is 5.91 Å². The van der Waals surface area contributed by atoms with Gasteiger partial charge >= 0.3 is 0 Å². The highest BCUT2D eigenvalue weighted by Crippen LogP contribution is 2.24. The number of benzene rings is 1. The Balaban J connectivity index is 1.28. The van der Waals surface area contributed by atoms with E-state index in [4.69, 9.17) is 16.3 Å². The summed E-state index contributed by atoms with van der Waals surface area (Å²) in [6.07, 6.45) is 0. The van der Waals surface area contributed by atoms with E-state index in [-0.39, 0.29) is 23.6 Å². The maximum absolute atomic E-state index is 13.6. The second-order valence-electron chi connectivity index (χ2n) is 8.73. The zero-order chi connectivity index (χ0) is 25.5. The summed E-state index contributed by atoms with van der Waals surface area (Å²) in [5.74, 6) is 0.123. The van der Waals surface area contributed by atoms with E-state index < -0.39 is 5.82 Å². The third kappa shape index (κ3) is 7.28. The summed E-state index contributed by atoms with van der Waals surface area (Å²) in [6.45, 7) is 8.11. The number of ether oxygens (including phenoxy) is 1. The molecule has 2 aromatic rings. The lowest BCUT2D eigenvalue weighted by Gasteiger charge is -2.40. The topological polar surface area (TPSA) is 90.9 Å². The highest BCUT2D eigenvalue weighted by Gasteiger charge is 2.29. The molecule has 0 radical (unpaired) electrons. The standard InChI is InChI=1S/C24H30ClFN6O3S/c1-17-15-31(7-8-32(17)23(34)18-3-2-4-19(26)13-18)21-14-20(25)28-24(29-21)36-16-22(33)27-5-6-30-9-11-35-12-10-30/h2-4,13-14,17H,5-12,15-16H2,1H3,(H,27,33). The van der Waals surface area contributed by atoms with Gasteiger partial charge in [-0.1, -0.05) is 29.4 Å². The van der Waals surface area contributed by atoms with Crippen LogP contribution in [0.2, 0.25) is 5.15 Å². The Kier molecular flexibility index (Phi) is 9.35. The van der Waals surface area contributed by atoms with E-state index in [2.05, 4.69) is 20.2 Å². The van der Waals surface area contributed by atoms with Crippen LogP contribution in [0.15, 0.2) is 35.5 Å². The minimum absolute atomic E-state index is 0.0866. The van der Waals surface area contributed by atoms with Crippen LogP contribution in [0, 0.1) is 5.82 Å². The predicted octanol–water partition coefficient (Wildman–Crippen LogP) is 2.16. The highest BCUT2D eigenvalue weighted by atomic mass is 35.5. The van der Waals surface area contributed by atoms with Crippen LogP contribution in [-0.4, -0.2) is 102 Å². The Morgan fingerprint density at radius 1 is 1.19 bits per heavy atom. The number of thioether (sulfide) groups is 1. The number of anilines is 1. The first kappa shape index (κ1) is 26.6. The lowest BCUT2D eigenvalue weighted by molar-refractivity contribution is -0.118. The minimum atomic E-state index is -0.432. The fraction of sp³-hybridized carbons (Fsp3) is 0.500. The van der Waals surface area contributed by atoms with Crippen molar-refractivity contribution in [1.82, 2.24) is 25.1 Å². The SMILES string of the molecule is CC1CN(c2cc(Cl)nc(SCC(=O)NCCN3CCOCC3)n2)CCN1C(=O)c1cccc(F)c1. The normalized spacial score (nSPS) is 18.8. The van der Waals surface area contributed by atoms with E-state index in [1.54, 1.807) is 17.0 Å². The van der Waals surface area contributed by atoms with Gasteiger partial charge in [0.2, 0.25) is 5.91 Å². The molecule has 9 nitrogen and oxygen atoms in total. The van der Waals surface area contributed by atoms with Crippen LogP contribution in [0.1, 0.15) is 17.3 Å². The molecule has 0 spiro atoms. The predicted molar refractivity (Wildman–Crippen MR) is 137 cm³/mol. The van der Waals surface area contributed by atoms with Gasteiger partial charge in [0, 0.05) is 63.5 Å². The first-order valence-electron chi connectivity index (χ1n) is 11.9. The van der Waals surface area contributed by atoms with Crippen LogP contribution in [0.4, 0.5) is 10.2 Å². The van der Waals surface area contributed by atoms with Gasteiger partial charge in [-0.05, 0) is 25.1 Å². The number of aromatic nitrogens is 2. The number of hydrogen-bond acceptors (Lipinski definition) is 8. The number of hydrogen-bond donors (Lipinski definition) is 1. The van der Waals surface area contributed by atoms with E-state index in [1.807, 2.05) is 11.8 Å². The van der Waals surface area contributed by atoms with Gasteiger partial charge in [-0.15, -0.1) is 0 Å². The average molecular weight is 537 g/mol. The van der Waals surface area contributed by atoms with Gasteiger partial charge in [-0.3, -0.25) is 14.5 Å². The van der Waals surface area contributed by atoms with E-state index in [0.717, 1.165) is 32.8 Å². The molecule has 1 aromatic heterocycles. The molecule has 2 fully saturated rings. The fourth-order valence-electron chi connectivity index (χ4n) is 4.23. The van der Waals surface area contributed by atoms with Gasteiger partial charge in [0.1, 0.15) is 16.8 Å². The minimum Gasteiger partial charge on any atom is -0.379 e. The molecule has 1 N–H and O–H groups in total. The Morgan fingerprint density at radius 2 is 2.00 bits per heavy atom. The third-order valence-electron chi connectivity index (χ3n) is 6.13. The molecule has 12 heteroatoms. The highest BCUT2D eigenvalue weighted by molar-refractivity contribution is 7.99. The Hall–Kier alpha value is -2.47. The van der Waals surface area contributed by atoms with E-state index in [0.29, 0.717) is 47.9 Å². The van der Waals surface area contributed by atoms with Crippen LogP contribution in [0.25, 0.3) is 0 Å². The zero-order valence-corrected chi connectivity index (χ0v) is 21.7. The number of nitrogens with zero attached hydrogens (tertiary/aromatic N) is 5. The summed E-state index contributed by atoms with van der Waals surface area (Å²) in [6, 6.07) is 7.31. The largest absolute Gasteiger partial charge is 0.379 e. The second-order valence-corrected chi connectivity index (χ2v) is 10.1. The number of nitrogens with one attached hydrogen (secondary N) is 1. The van der Waals surface area contributed by atoms with Crippen molar-refractivity contribution >= 4 is 41.0 Å². The zero-order valence-electron chi connectivity index (χ0n) is 20.2. The van der Waals surface area contributed by atoms with Crippen molar-refractivity contribution in [1.29, 1.82) is 0 Å². The smallest absolute Gasteiger partial charge is 0.254 e. The van der Waals surface area contributed by atoms with Gasteiger partial charge in [0.05, 0.1) is 19.0 Å². The van der Waals surface area contributed by atoms with Gasteiger partial charge in [-0.2, -0.15) is 0 Å². The van der Waals surface area contributed by atoms with Crippen molar-refractivity contribution in [2.24, 2.45) is 0 Å². The molecule has 0 aliphatic carbocycles. The van der Waals surface area contributed by atoms with Crippen molar-refractivity contribution in [3.8, 4) is 0 Å². The van der Waals surface area contributed by atoms with Crippen LogP contribution in [0.5, 0.6) is 0 Å². The summed E-state index contributed by atoms with van der Waals surface area (Å²) in [7, 11) is 0. The van der Waals surface area contributed by atoms with Crippen molar-refractivity contribution < 1.29 is 18.7 Å². The maximum Gasteiger partial charge on any atom is 0.254 e. The number of piperazine rings is 1. The summed E-state index contributed by atoms with van der Waals surface area (Å²) in [4.78, 5) is 40.0. The van der Waals surface area contributed by atoms with Crippen LogP contribution in [-0.2, 0) is 9.53 Å². The van der Waals surface area contributed by atoms with Gasteiger partial charge in [0.15, 0.2) is 5.16 Å². The van der Waals surface area contributed by atoms with Crippen molar-refractivity contribution in [2.45, 2.75) is 18.1 Å². The first-order valence-corrected chi connectivity index (χ1v) is 13.3. The number of morpholine rings is 1. The summed E-state index contributed by atoms with van der Waals surface area (Å²) in [5.41, 5.74) is 0.335. The summed E-state index contributed by atoms with van der Waals surface area (Å²) in [5, 5.41) is 3.64. The van der Waals surface area contributed by atoms with E-state index in [1.165, 1.54) is 30.0 Å². The third-order valence-corrected chi connectivity index (χ3v) is 7.17. The number of halogens is 2. The Bertz CT molecular complexity index is 1070. The molecular formula is C24H30ClFN6O3S. The molecule has 1 aromatic carbocycles. The molecule has 3 heterocycles. The van der Waals surface area contributed by atoms with Gasteiger partial charge < -0.3 is 19.9 Å². The monoisotopic (exact) mass is 536 g/mol. The average Bonchev–Trinajstić information content (AvgIpc) is 2.87. The number of carbonyl (C=O) groups is 2. The molecule has 2 aliphatic heterocycles. The van der Waals surface area contributed by atoms with Gasteiger partial charge in [-0.25, -0.2) is 14.4 Å². The maximum atomic E-state index is 13.6. The molecule has 0 saturated carbocycles. The van der Waals surface area contributed by atoms with Crippen LogP contribution in [0.3, 0.4) is 0 Å². The lowest BCUT2D eigenvalue weighted by atomic mass is 10.1. The van der Waals surface area contributed by atoms with Crippen LogP contribution >= 0.6 is 23.4 Å². The molecule has 0 bridgehead atoms. The second kappa shape index (κ2) is 12.7. The molecular weight excluding hydrogens is 507 g/mol. The summed E-state index contributed by atoms with van der Waals surface area (Å²) < 4.78 is 18.9. The van der Waals surface area contributed by atoms with Crippen molar-refractivity contribution in [2.75, 3.05) is 69.7 Å². The number of amides is 2. The molecule has 4 rings (SSSR count). The molecule has 36 heavy (non-hydrogen) atoms. The number of rotatable bonds is 8. The van der Waals surface area contributed by atoms with Crippen LogP contribution < -0.4 is 10.2 Å². The number of carbonyl (C=O) groups excluding carboxylic acids is 2. The molecule has 2 aliphatic rings. The Morgan fingerprint density at radius 3 is 2.75 bits per heavy atom. The molecule has 2 saturated heterocycles. The quantitative estimate of drug-likeness (QED) is 0.312.